The van der Waals surface area contributed by atoms with E-state index in [9.17, 15) is 14.4 Å². The van der Waals surface area contributed by atoms with Gasteiger partial charge in [0.15, 0.2) is 15.3 Å². The summed E-state index contributed by atoms with van der Waals surface area (Å²) in [6.07, 6.45) is 0. The van der Waals surface area contributed by atoms with Gasteiger partial charge in [0.2, 0.25) is 10.9 Å². The number of aryl methyl sites for hydroxylation is 1. The second-order valence-corrected chi connectivity index (χ2v) is 11.9. The lowest BCUT2D eigenvalue weighted by molar-refractivity contribution is -0.121. The lowest BCUT2D eigenvalue weighted by Gasteiger charge is -2.31. The van der Waals surface area contributed by atoms with Gasteiger partial charge in [-0.15, -0.1) is 10.2 Å². The molecule has 2 aliphatic rings. The van der Waals surface area contributed by atoms with Crippen LogP contribution in [0.25, 0.3) is 11.0 Å². The molecule has 0 radical (unpaired) electrons. The number of para-hydroxylation sites is 1. The van der Waals surface area contributed by atoms with Crippen molar-refractivity contribution in [2.24, 2.45) is 0 Å². The molecule has 1 atom stereocenters. The minimum atomic E-state index is -1.75. The number of benzene rings is 3. The van der Waals surface area contributed by atoms with E-state index in [2.05, 4.69) is 10.2 Å². The zero-order valence-electron chi connectivity index (χ0n) is 21.6. The Kier molecular flexibility index (Phi) is 5.65. The average molecular weight is 567 g/mol. The van der Waals surface area contributed by atoms with Gasteiger partial charge in [0, 0.05) is 17.9 Å². The normalized spacial score (nSPS) is 17.8. The molecule has 3 aromatic carbocycles. The van der Waals surface area contributed by atoms with Gasteiger partial charge >= 0.3 is 0 Å². The van der Waals surface area contributed by atoms with Crippen molar-refractivity contribution in [1.29, 1.82) is 0 Å². The van der Waals surface area contributed by atoms with Crippen LogP contribution in [0.15, 0.2) is 86.3 Å². The van der Waals surface area contributed by atoms with Gasteiger partial charge in [-0.3, -0.25) is 19.3 Å². The summed E-state index contributed by atoms with van der Waals surface area (Å²) in [7, 11) is 0. The molecule has 2 aliphatic heterocycles. The van der Waals surface area contributed by atoms with Crippen molar-refractivity contribution >= 4 is 56.7 Å². The van der Waals surface area contributed by atoms with E-state index >= 15 is 0 Å². The minimum absolute atomic E-state index is 0.0256. The quantitative estimate of drug-likeness (QED) is 0.204. The van der Waals surface area contributed by atoms with Crippen LogP contribution in [-0.2, 0) is 16.1 Å². The summed E-state index contributed by atoms with van der Waals surface area (Å²) in [4.78, 5) is 45.9. The fourth-order valence-corrected chi connectivity index (χ4v) is 7.51. The Morgan fingerprint density at radius 2 is 1.75 bits per heavy atom. The Morgan fingerprint density at radius 1 is 0.975 bits per heavy atom. The monoisotopic (exact) mass is 566 g/mol. The van der Waals surface area contributed by atoms with Crippen molar-refractivity contribution in [3.63, 3.8) is 0 Å². The number of likely N-dealkylation sites (N-methyl/N-ethyl adjacent to an activating group) is 1. The molecule has 40 heavy (non-hydrogen) atoms. The zero-order valence-corrected chi connectivity index (χ0v) is 23.2. The van der Waals surface area contributed by atoms with Crippen molar-refractivity contribution in [1.82, 2.24) is 10.2 Å². The summed E-state index contributed by atoms with van der Waals surface area (Å²) in [5.74, 6) is -0.454. The van der Waals surface area contributed by atoms with E-state index in [1.54, 1.807) is 23.1 Å². The van der Waals surface area contributed by atoms with E-state index in [4.69, 9.17) is 4.42 Å². The predicted octanol–water partition coefficient (Wildman–Crippen LogP) is 5.52. The van der Waals surface area contributed by atoms with Crippen LogP contribution in [-0.4, -0.2) is 28.6 Å². The standard InChI is InChI=1S/C30H22N4O4S2/c1-3-33-21-12-8-7-11-20(21)30(27(33)37)23-24(35)19-15-17(2)13-14-22(19)38-25(23)26(36)34(30)28-31-32-29(40-28)39-16-18-9-5-4-6-10-18/h4-15H,3,16H2,1-2H3. The smallest absolute Gasteiger partial charge is 0.297 e. The topological polar surface area (TPSA) is 96.6 Å². The summed E-state index contributed by atoms with van der Waals surface area (Å²) >= 11 is 2.71. The lowest BCUT2D eigenvalue weighted by atomic mass is 9.84. The van der Waals surface area contributed by atoms with E-state index in [-0.39, 0.29) is 16.5 Å². The van der Waals surface area contributed by atoms with Crippen LogP contribution in [0.3, 0.4) is 0 Å². The summed E-state index contributed by atoms with van der Waals surface area (Å²) < 4.78 is 6.77. The third-order valence-corrected chi connectivity index (χ3v) is 9.50. The largest absolute Gasteiger partial charge is 0.450 e. The number of fused-ring (bicyclic) bond motifs is 5. The van der Waals surface area contributed by atoms with Crippen LogP contribution in [0.2, 0.25) is 0 Å². The Bertz CT molecular complexity index is 1900. The summed E-state index contributed by atoms with van der Waals surface area (Å²) in [5, 5.41) is 9.27. The Hall–Kier alpha value is -4.28. The molecule has 0 saturated heterocycles. The number of thioether (sulfide) groups is 1. The Balaban J connectivity index is 1.45. The fraction of sp³-hybridized carbons (Fsp3) is 0.167. The first-order chi connectivity index (χ1) is 19.4. The van der Waals surface area contributed by atoms with Gasteiger partial charge in [-0.1, -0.05) is 83.3 Å². The SMILES string of the molecule is CCN1C(=O)C2(c3ccccc31)c1c(oc3ccc(C)cc3c1=O)C(=O)N2c1nnc(SCc2ccccc2)s1. The number of hydrogen-bond donors (Lipinski definition) is 0. The molecule has 7 rings (SSSR count). The van der Waals surface area contributed by atoms with Gasteiger partial charge in [0.1, 0.15) is 5.58 Å². The van der Waals surface area contributed by atoms with Gasteiger partial charge in [0.05, 0.1) is 16.6 Å². The van der Waals surface area contributed by atoms with E-state index in [1.165, 1.54) is 28.0 Å². The van der Waals surface area contributed by atoms with Crippen LogP contribution < -0.4 is 15.2 Å². The van der Waals surface area contributed by atoms with Crippen molar-refractivity contribution in [3.8, 4) is 0 Å². The molecule has 8 nitrogen and oxygen atoms in total. The van der Waals surface area contributed by atoms with E-state index < -0.39 is 22.8 Å². The summed E-state index contributed by atoms with van der Waals surface area (Å²) in [5.41, 5.74) is 1.35. The summed E-state index contributed by atoms with van der Waals surface area (Å²) in [6, 6.07) is 22.5. The van der Waals surface area contributed by atoms with Gasteiger partial charge in [-0.2, -0.15) is 0 Å². The molecule has 0 saturated carbocycles. The summed E-state index contributed by atoms with van der Waals surface area (Å²) in [6.45, 7) is 4.11. The molecular weight excluding hydrogens is 544 g/mol. The van der Waals surface area contributed by atoms with Crippen LogP contribution in [0.1, 0.15) is 39.7 Å². The number of amides is 2. The second-order valence-electron chi connectivity index (χ2n) is 9.68. The Morgan fingerprint density at radius 3 is 2.55 bits per heavy atom. The van der Waals surface area contributed by atoms with Crippen LogP contribution in [0.5, 0.6) is 0 Å². The second kappa shape index (κ2) is 9.14. The molecule has 198 valence electrons. The molecule has 4 heterocycles. The van der Waals surface area contributed by atoms with E-state index in [1.807, 2.05) is 68.4 Å². The highest BCUT2D eigenvalue weighted by Crippen LogP contribution is 2.54. The number of carbonyl (C=O) groups is 2. The van der Waals surface area contributed by atoms with Crippen LogP contribution >= 0.6 is 23.1 Å². The molecular formula is C30H22N4O4S2. The first kappa shape index (κ1) is 24.7. The number of carbonyl (C=O) groups excluding carboxylic acids is 2. The van der Waals surface area contributed by atoms with Crippen LogP contribution in [0, 0.1) is 6.92 Å². The molecule has 2 aromatic heterocycles. The molecule has 5 aromatic rings. The van der Waals surface area contributed by atoms with Crippen LogP contribution in [0.4, 0.5) is 10.8 Å². The van der Waals surface area contributed by atoms with Gasteiger partial charge in [-0.05, 0) is 37.6 Å². The van der Waals surface area contributed by atoms with Gasteiger partial charge in [-0.25, -0.2) is 0 Å². The highest BCUT2D eigenvalue weighted by Gasteiger charge is 2.66. The maximum absolute atomic E-state index is 14.5. The first-order valence-corrected chi connectivity index (χ1v) is 14.6. The maximum atomic E-state index is 14.5. The molecule has 0 fully saturated rings. The molecule has 1 unspecified atom stereocenters. The highest BCUT2D eigenvalue weighted by atomic mass is 32.2. The first-order valence-electron chi connectivity index (χ1n) is 12.8. The number of rotatable bonds is 5. The number of hydrogen-bond acceptors (Lipinski definition) is 8. The highest BCUT2D eigenvalue weighted by molar-refractivity contribution is 8.00. The third-order valence-electron chi connectivity index (χ3n) is 7.39. The maximum Gasteiger partial charge on any atom is 0.297 e. The zero-order chi connectivity index (χ0) is 27.6. The van der Waals surface area contributed by atoms with E-state index in [0.29, 0.717) is 38.9 Å². The number of aromatic nitrogens is 2. The van der Waals surface area contributed by atoms with Crippen molar-refractivity contribution in [2.75, 3.05) is 16.3 Å². The molecule has 0 aliphatic carbocycles. The fourth-order valence-electron chi connectivity index (χ4n) is 5.66. The van der Waals surface area contributed by atoms with Gasteiger partial charge in [0.25, 0.3) is 11.8 Å². The minimum Gasteiger partial charge on any atom is -0.450 e. The lowest BCUT2D eigenvalue weighted by Crippen LogP contribution is -2.53. The third kappa shape index (κ3) is 3.36. The number of anilines is 2. The Labute approximate surface area is 237 Å². The van der Waals surface area contributed by atoms with Gasteiger partial charge < -0.3 is 9.32 Å². The molecule has 1 spiro atoms. The molecule has 10 heteroatoms. The average Bonchev–Trinajstić information content (AvgIpc) is 3.61. The molecule has 2 amide bonds. The van der Waals surface area contributed by atoms with Crippen molar-refractivity contribution < 1.29 is 14.0 Å². The predicted molar refractivity (Wildman–Crippen MR) is 155 cm³/mol. The molecule has 0 bridgehead atoms. The van der Waals surface area contributed by atoms with E-state index in [0.717, 1.165) is 11.1 Å². The van der Waals surface area contributed by atoms with Crippen molar-refractivity contribution in [3.05, 3.63) is 111 Å². The molecule has 0 N–H and O–H groups in total. The number of nitrogens with zero attached hydrogens (tertiary/aromatic N) is 4. The van der Waals surface area contributed by atoms with Crippen molar-refractivity contribution in [2.45, 2.75) is 29.5 Å².